The Hall–Kier alpha value is -3.98. The molecule has 47 heavy (non-hydrogen) atoms. The van der Waals surface area contributed by atoms with E-state index < -0.39 is 15.8 Å². The topological polar surface area (TPSA) is 0 Å². The Morgan fingerprint density at radius 3 is 1.55 bits per heavy atom. The second-order valence-electron chi connectivity index (χ2n) is 11.8. The van der Waals surface area contributed by atoms with Gasteiger partial charge in [0.2, 0.25) is 0 Å². The molecule has 0 saturated heterocycles. The fraction of sp³-hybridized carbons (Fsp3) is 0.0455. The standard InChI is InChI=1S/C44H33P2.Ru/c1-5-19-35(20-6-1)45(36-21-7-2-8-22-36)41-31-29-33-17-13-15-27-39(33)43(41)44-40-28-16-14-18-34(40)30-32-42(44)46(37-23-9-3-10-24-37)38-25-11-4-12-26-38;/h1-32,43H;. The van der Waals surface area contributed by atoms with Gasteiger partial charge < -0.3 is 0 Å². The van der Waals surface area contributed by atoms with Gasteiger partial charge in [-0.3, -0.25) is 0 Å². The number of allylic oxidation sites excluding steroid dienone is 1. The molecule has 1 aliphatic rings. The number of rotatable bonds is 7. The van der Waals surface area contributed by atoms with Crippen molar-refractivity contribution in [2.24, 2.45) is 0 Å². The Morgan fingerprint density at radius 1 is 0.468 bits per heavy atom. The van der Waals surface area contributed by atoms with E-state index in [1.165, 1.54) is 54.0 Å². The summed E-state index contributed by atoms with van der Waals surface area (Å²) in [6.45, 7) is 0. The van der Waals surface area contributed by atoms with E-state index in [2.05, 4.69) is 212 Å². The van der Waals surface area contributed by atoms with Gasteiger partial charge in [-0.25, -0.2) is 0 Å². The van der Waals surface area contributed by atoms with E-state index in [9.17, 15) is 0 Å². The number of hydrogen-bond acceptors (Lipinski definition) is 0. The van der Waals surface area contributed by atoms with Crippen molar-refractivity contribution < 1.29 is 18.3 Å². The van der Waals surface area contributed by atoms with Crippen molar-refractivity contribution in [3.63, 3.8) is 0 Å². The van der Waals surface area contributed by atoms with Crippen molar-refractivity contribution in [3.8, 4) is 0 Å². The van der Waals surface area contributed by atoms with E-state index in [1.54, 1.807) is 0 Å². The summed E-state index contributed by atoms with van der Waals surface area (Å²) in [5.74, 6) is 0.0881. The molecule has 0 radical (unpaired) electrons. The first-order valence-corrected chi connectivity index (χ1v) is 19.6. The van der Waals surface area contributed by atoms with Gasteiger partial charge in [-0.05, 0) is 0 Å². The molecule has 0 nitrogen and oxygen atoms in total. The van der Waals surface area contributed by atoms with Crippen molar-refractivity contribution in [1.29, 1.82) is 0 Å². The molecule has 0 amide bonds. The number of fused-ring (bicyclic) bond motifs is 2. The molecule has 7 aromatic carbocycles. The van der Waals surface area contributed by atoms with Crippen molar-refractivity contribution in [3.05, 3.63) is 205 Å². The molecule has 8 rings (SSSR count). The third-order valence-electron chi connectivity index (χ3n) is 9.07. The molecule has 0 heterocycles. The molecule has 0 spiro atoms. The van der Waals surface area contributed by atoms with E-state index in [0.717, 1.165) is 0 Å². The summed E-state index contributed by atoms with van der Waals surface area (Å²) in [4.78, 5) is 0. The van der Waals surface area contributed by atoms with Crippen LogP contribution in [0.1, 0.15) is 22.6 Å². The number of benzene rings is 7. The van der Waals surface area contributed by atoms with Gasteiger partial charge in [0.05, 0.1) is 0 Å². The normalized spacial score (nSPS) is 17.2. The monoisotopic (exact) mass is 725 g/mol. The molecule has 3 heteroatoms. The molecule has 0 bridgehead atoms. The van der Waals surface area contributed by atoms with Gasteiger partial charge in [0, 0.05) is 0 Å². The molecule has 1 aliphatic carbocycles. The van der Waals surface area contributed by atoms with Crippen LogP contribution in [-0.4, -0.2) is 3.75 Å². The molecule has 0 aliphatic heterocycles. The number of hydrogen-bond donors (Lipinski definition) is 0. The Balaban J connectivity index is 1.48. The third-order valence-corrected chi connectivity index (χ3v) is 16.2. The molecular weight excluding hydrogens is 692 g/mol. The molecule has 0 N–H and O–H groups in total. The Bertz CT molecular complexity index is 2090. The predicted octanol–water partition coefficient (Wildman–Crippen LogP) is 9.13. The fourth-order valence-corrected chi connectivity index (χ4v) is 14.3. The predicted molar refractivity (Wildman–Crippen MR) is 202 cm³/mol. The van der Waals surface area contributed by atoms with E-state index in [-0.39, 0.29) is 9.67 Å². The zero-order valence-corrected chi connectivity index (χ0v) is 29.3. The average molecular weight is 725 g/mol. The van der Waals surface area contributed by atoms with Crippen LogP contribution in [-0.2, 0) is 18.3 Å². The van der Waals surface area contributed by atoms with Gasteiger partial charge in [-0.15, -0.1) is 0 Å². The summed E-state index contributed by atoms with van der Waals surface area (Å²) in [6.07, 6.45) is 4.91. The van der Waals surface area contributed by atoms with Crippen LogP contribution in [0.25, 0.3) is 16.8 Å². The van der Waals surface area contributed by atoms with Crippen LogP contribution in [0.5, 0.6) is 0 Å². The summed E-state index contributed by atoms with van der Waals surface area (Å²) in [7, 11) is -1.69. The van der Waals surface area contributed by atoms with Crippen LogP contribution in [0, 0.1) is 0 Å². The van der Waals surface area contributed by atoms with Gasteiger partial charge in [0.25, 0.3) is 0 Å². The molecule has 0 fully saturated rings. The van der Waals surface area contributed by atoms with Gasteiger partial charge in [-0.2, -0.15) is 0 Å². The summed E-state index contributed by atoms with van der Waals surface area (Å²) in [5.41, 5.74) is 4.13. The zero-order chi connectivity index (χ0) is 31.6. The van der Waals surface area contributed by atoms with E-state index >= 15 is 0 Å². The first kappa shape index (κ1) is 30.4. The molecule has 0 saturated carbocycles. The molecule has 2 atom stereocenters. The van der Waals surface area contributed by atoms with E-state index in [4.69, 9.17) is 0 Å². The molecule has 0 aromatic heterocycles. The Kier molecular flexibility index (Phi) is 8.57. The second kappa shape index (κ2) is 13.3. The van der Waals surface area contributed by atoms with Gasteiger partial charge in [0.1, 0.15) is 0 Å². The van der Waals surface area contributed by atoms with Gasteiger partial charge in [-0.1, -0.05) is 0 Å². The van der Waals surface area contributed by atoms with Crippen LogP contribution in [0.2, 0.25) is 0 Å². The van der Waals surface area contributed by atoms with Crippen molar-refractivity contribution in [2.45, 2.75) is 9.67 Å². The Labute approximate surface area is 290 Å². The second-order valence-corrected chi connectivity index (χ2v) is 18.6. The van der Waals surface area contributed by atoms with Gasteiger partial charge >= 0.3 is 292 Å². The third kappa shape index (κ3) is 5.66. The maximum atomic E-state index is 3.32. The quantitative estimate of drug-likeness (QED) is 0.114. The first-order chi connectivity index (χ1) is 23.2. The maximum absolute atomic E-state index is 3.32. The van der Waals surface area contributed by atoms with Crippen molar-refractivity contribution in [2.75, 3.05) is 0 Å². The van der Waals surface area contributed by atoms with Crippen molar-refractivity contribution >= 4 is 59.2 Å². The molecule has 2 unspecified atom stereocenters. The SMILES string of the molecule is [Ru][C]1(P(c2ccccc2)c2ccccc2)C=Cc2ccccc2C1c1c(P(c2ccccc2)c2ccccc2)ccc2ccccc12. The van der Waals surface area contributed by atoms with Crippen LogP contribution < -0.4 is 26.5 Å². The Morgan fingerprint density at radius 2 is 0.957 bits per heavy atom. The summed E-state index contributed by atoms with van der Waals surface area (Å²) in [6, 6.07) is 67.7. The van der Waals surface area contributed by atoms with Crippen LogP contribution in [0.4, 0.5) is 0 Å². The van der Waals surface area contributed by atoms with Crippen LogP contribution in [0.3, 0.4) is 0 Å². The minimum atomic E-state index is -0.848. The molecule has 227 valence electrons. The van der Waals surface area contributed by atoms with Gasteiger partial charge in [0.15, 0.2) is 0 Å². The summed E-state index contributed by atoms with van der Waals surface area (Å²) < 4.78 is -0.293. The first-order valence-electron chi connectivity index (χ1n) is 16.0. The van der Waals surface area contributed by atoms with Crippen LogP contribution in [0.15, 0.2) is 188 Å². The van der Waals surface area contributed by atoms with Crippen LogP contribution >= 0.6 is 15.8 Å². The summed E-state index contributed by atoms with van der Waals surface area (Å²) >= 11 is 3.32. The molecule has 7 aromatic rings. The minimum absolute atomic E-state index is 0.0881. The zero-order valence-electron chi connectivity index (χ0n) is 25.8. The van der Waals surface area contributed by atoms with Crippen molar-refractivity contribution in [1.82, 2.24) is 0 Å². The van der Waals surface area contributed by atoms with E-state index in [0.29, 0.717) is 0 Å². The van der Waals surface area contributed by atoms with E-state index in [1.807, 2.05) is 0 Å². The average Bonchev–Trinajstić information content (AvgIpc) is 3.14. The fourth-order valence-electron chi connectivity index (χ4n) is 7.06. The molecular formula is C44H33P2Ru. The summed E-state index contributed by atoms with van der Waals surface area (Å²) in [5, 5.41) is 9.56.